The number of aromatic nitrogens is 2. The molecule has 0 aliphatic carbocycles. The minimum Gasteiger partial charge on any atom is -0.326 e. The van der Waals surface area contributed by atoms with E-state index in [9.17, 15) is 4.79 Å². The molecule has 5 heteroatoms. The van der Waals surface area contributed by atoms with Crippen molar-refractivity contribution < 1.29 is 4.79 Å². The molecule has 0 saturated heterocycles. The molecular weight excluding hydrogens is 366 g/mol. The summed E-state index contributed by atoms with van der Waals surface area (Å²) in [5.41, 5.74) is 5.89. The van der Waals surface area contributed by atoms with E-state index in [4.69, 9.17) is 0 Å². The lowest BCUT2D eigenvalue weighted by molar-refractivity contribution is 0.0741. The van der Waals surface area contributed by atoms with Crippen LogP contribution in [0.15, 0.2) is 53.4 Å². The fraction of sp³-hybridized carbons (Fsp3) is 0.304. The number of unbranched alkanes of at least 4 members (excludes halogenated alkanes) is 1. The molecule has 1 amide bonds. The van der Waals surface area contributed by atoms with E-state index >= 15 is 0 Å². The minimum absolute atomic E-state index is 0.0493. The fourth-order valence-corrected chi connectivity index (χ4v) is 4.23. The van der Waals surface area contributed by atoms with Crippen molar-refractivity contribution in [2.24, 2.45) is 0 Å². The van der Waals surface area contributed by atoms with Crippen LogP contribution in [0.4, 0.5) is 0 Å². The molecule has 0 fully saturated rings. The molecule has 2 aromatic carbocycles. The quantitative estimate of drug-likeness (QED) is 0.568. The number of hydrogen-bond donors (Lipinski definition) is 1. The molecule has 0 bridgehead atoms. The van der Waals surface area contributed by atoms with E-state index in [1.807, 2.05) is 4.90 Å². The van der Waals surface area contributed by atoms with Gasteiger partial charge in [-0.1, -0.05) is 55.3 Å². The maximum Gasteiger partial charge on any atom is 0.273 e. The summed E-state index contributed by atoms with van der Waals surface area (Å²) in [4.78, 5) is 16.4. The Labute approximate surface area is 170 Å². The van der Waals surface area contributed by atoms with Crippen LogP contribution in [0.5, 0.6) is 0 Å². The van der Waals surface area contributed by atoms with Gasteiger partial charge in [0.25, 0.3) is 5.91 Å². The van der Waals surface area contributed by atoms with Crippen LogP contribution in [0.2, 0.25) is 0 Å². The zero-order chi connectivity index (χ0) is 19.7. The third-order valence-electron chi connectivity index (χ3n) is 5.37. The molecule has 1 aromatic heterocycles. The SMILES string of the molecule is CCCCN1C(=O)c2[nH]nc(-c3ccc(C)cc3)c2C1c1ccc(SC)cc1. The predicted octanol–water partition coefficient (Wildman–Crippen LogP) is 5.45. The molecule has 2 heterocycles. The van der Waals surface area contributed by atoms with E-state index in [2.05, 4.69) is 78.8 Å². The molecule has 0 saturated carbocycles. The average Bonchev–Trinajstić information content (AvgIpc) is 3.26. The van der Waals surface area contributed by atoms with Crippen molar-refractivity contribution in [3.8, 4) is 11.3 Å². The van der Waals surface area contributed by atoms with Gasteiger partial charge in [0.1, 0.15) is 5.69 Å². The second-order valence-electron chi connectivity index (χ2n) is 7.25. The number of aromatic amines is 1. The predicted molar refractivity (Wildman–Crippen MR) is 115 cm³/mol. The van der Waals surface area contributed by atoms with E-state index in [0.29, 0.717) is 5.69 Å². The van der Waals surface area contributed by atoms with Crippen LogP contribution < -0.4 is 0 Å². The van der Waals surface area contributed by atoms with E-state index in [1.54, 1.807) is 11.8 Å². The first-order valence-electron chi connectivity index (χ1n) is 9.74. The number of carbonyl (C=O) groups is 1. The van der Waals surface area contributed by atoms with Gasteiger partial charge in [-0.25, -0.2) is 0 Å². The third-order valence-corrected chi connectivity index (χ3v) is 6.12. The topological polar surface area (TPSA) is 49.0 Å². The summed E-state index contributed by atoms with van der Waals surface area (Å²) < 4.78 is 0. The molecule has 1 aliphatic rings. The van der Waals surface area contributed by atoms with E-state index in [1.165, 1.54) is 10.5 Å². The van der Waals surface area contributed by atoms with Crippen LogP contribution >= 0.6 is 11.8 Å². The standard InChI is InChI=1S/C23H25N3OS/c1-4-5-14-26-22(17-10-12-18(28-3)13-11-17)19-20(24-25-21(19)23(26)27)16-8-6-15(2)7-9-16/h6-13,22H,4-5,14H2,1-3H3,(H,24,25). The van der Waals surface area contributed by atoms with Crippen LogP contribution in [0.25, 0.3) is 11.3 Å². The van der Waals surface area contributed by atoms with E-state index < -0.39 is 0 Å². The van der Waals surface area contributed by atoms with Gasteiger partial charge < -0.3 is 4.90 Å². The zero-order valence-corrected chi connectivity index (χ0v) is 17.3. The van der Waals surface area contributed by atoms with Crippen LogP contribution in [-0.4, -0.2) is 33.8 Å². The average molecular weight is 392 g/mol. The molecule has 0 radical (unpaired) electrons. The summed E-state index contributed by atoms with van der Waals surface area (Å²) >= 11 is 1.72. The van der Waals surface area contributed by atoms with Crippen molar-refractivity contribution in [2.75, 3.05) is 12.8 Å². The molecule has 1 N–H and O–H groups in total. The Balaban J connectivity index is 1.83. The highest BCUT2D eigenvalue weighted by Crippen LogP contribution is 2.43. The number of H-pyrrole nitrogens is 1. The lowest BCUT2D eigenvalue weighted by atomic mass is 9.95. The molecule has 28 heavy (non-hydrogen) atoms. The number of thioether (sulfide) groups is 1. The normalized spacial score (nSPS) is 15.9. The van der Waals surface area contributed by atoms with Gasteiger partial charge in [-0.3, -0.25) is 9.89 Å². The Hall–Kier alpha value is -2.53. The molecule has 144 valence electrons. The molecule has 4 rings (SSSR count). The van der Waals surface area contributed by atoms with Gasteiger partial charge in [0.2, 0.25) is 0 Å². The number of hydrogen-bond acceptors (Lipinski definition) is 3. The van der Waals surface area contributed by atoms with Crippen molar-refractivity contribution in [1.82, 2.24) is 15.1 Å². The summed E-state index contributed by atoms with van der Waals surface area (Å²) in [6, 6.07) is 16.8. The van der Waals surface area contributed by atoms with Crippen molar-refractivity contribution in [3.05, 3.63) is 70.9 Å². The second kappa shape index (κ2) is 7.84. The number of benzene rings is 2. The lowest BCUT2D eigenvalue weighted by Crippen LogP contribution is -2.30. The molecule has 1 unspecified atom stereocenters. The monoisotopic (exact) mass is 391 g/mol. The smallest absolute Gasteiger partial charge is 0.273 e. The van der Waals surface area contributed by atoms with Gasteiger partial charge in [0, 0.05) is 22.6 Å². The van der Waals surface area contributed by atoms with Gasteiger partial charge in [0.05, 0.1) is 11.7 Å². The Morgan fingerprint density at radius 3 is 2.46 bits per heavy atom. The van der Waals surface area contributed by atoms with Crippen LogP contribution in [-0.2, 0) is 0 Å². The highest BCUT2D eigenvalue weighted by atomic mass is 32.2. The second-order valence-corrected chi connectivity index (χ2v) is 8.13. The summed E-state index contributed by atoms with van der Waals surface area (Å²) in [5.74, 6) is 0.0493. The molecule has 3 aromatic rings. The van der Waals surface area contributed by atoms with Gasteiger partial charge in [-0.15, -0.1) is 11.8 Å². The number of rotatable bonds is 6. The Bertz CT molecular complexity index is 976. The van der Waals surface area contributed by atoms with Crippen LogP contribution in [0.1, 0.15) is 53.0 Å². The van der Waals surface area contributed by atoms with Gasteiger partial charge >= 0.3 is 0 Å². The molecule has 0 spiro atoms. The number of nitrogens with one attached hydrogen (secondary N) is 1. The van der Waals surface area contributed by atoms with Crippen LogP contribution in [0.3, 0.4) is 0 Å². The Morgan fingerprint density at radius 2 is 1.82 bits per heavy atom. The molecule has 1 atom stereocenters. The number of amides is 1. The molecule has 4 nitrogen and oxygen atoms in total. The number of fused-ring (bicyclic) bond motifs is 1. The van der Waals surface area contributed by atoms with Gasteiger partial charge in [-0.05, 0) is 37.3 Å². The summed E-state index contributed by atoms with van der Waals surface area (Å²) in [5, 5.41) is 7.57. The summed E-state index contributed by atoms with van der Waals surface area (Å²) in [7, 11) is 0. The third kappa shape index (κ3) is 3.24. The van der Waals surface area contributed by atoms with Crippen molar-refractivity contribution in [2.45, 2.75) is 37.6 Å². The van der Waals surface area contributed by atoms with Crippen molar-refractivity contribution in [1.29, 1.82) is 0 Å². The maximum absolute atomic E-state index is 13.2. The summed E-state index contributed by atoms with van der Waals surface area (Å²) in [6.07, 6.45) is 4.12. The Kier molecular flexibility index (Phi) is 5.27. The first-order chi connectivity index (χ1) is 13.6. The lowest BCUT2D eigenvalue weighted by Gasteiger charge is -2.26. The Morgan fingerprint density at radius 1 is 1.11 bits per heavy atom. The highest BCUT2D eigenvalue weighted by Gasteiger charge is 2.41. The van der Waals surface area contributed by atoms with E-state index in [-0.39, 0.29) is 11.9 Å². The van der Waals surface area contributed by atoms with Crippen LogP contribution in [0, 0.1) is 6.92 Å². The summed E-state index contributed by atoms with van der Waals surface area (Å²) in [6.45, 7) is 4.98. The minimum atomic E-state index is -0.0972. The molecular formula is C23H25N3OS. The van der Waals surface area contributed by atoms with Gasteiger partial charge in [0.15, 0.2) is 0 Å². The van der Waals surface area contributed by atoms with E-state index in [0.717, 1.165) is 41.8 Å². The van der Waals surface area contributed by atoms with Crippen molar-refractivity contribution >= 4 is 17.7 Å². The van der Waals surface area contributed by atoms with Crippen molar-refractivity contribution in [3.63, 3.8) is 0 Å². The zero-order valence-electron chi connectivity index (χ0n) is 16.5. The highest BCUT2D eigenvalue weighted by molar-refractivity contribution is 7.98. The fourth-order valence-electron chi connectivity index (χ4n) is 3.82. The molecule has 1 aliphatic heterocycles. The number of nitrogens with zero attached hydrogens (tertiary/aromatic N) is 2. The maximum atomic E-state index is 13.2. The number of aryl methyl sites for hydroxylation is 1. The number of carbonyl (C=O) groups excluding carboxylic acids is 1. The largest absolute Gasteiger partial charge is 0.326 e. The first kappa shape index (κ1) is 18.8. The first-order valence-corrected chi connectivity index (χ1v) is 11.0. The van der Waals surface area contributed by atoms with Gasteiger partial charge in [-0.2, -0.15) is 5.10 Å².